The number of carbonyl (C=O) groups is 1. The molecule has 0 radical (unpaired) electrons. The zero-order chi connectivity index (χ0) is 11.3. The topological polar surface area (TPSA) is 59.0 Å². The molecule has 1 aliphatic heterocycles. The van der Waals surface area contributed by atoms with E-state index in [1.165, 1.54) is 7.11 Å². The van der Waals surface area contributed by atoms with E-state index in [1.807, 2.05) is 0 Å². The molecule has 0 spiro atoms. The van der Waals surface area contributed by atoms with Crippen LogP contribution in [-0.4, -0.2) is 62.5 Å². The van der Waals surface area contributed by atoms with Crippen LogP contribution in [-0.2, 0) is 14.3 Å². The first-order chi connectivity index (χ1) is 7.19. The maximum Gasteiger partial charge on any atom is 0.312 e. The van der Waals surface area contributed by atoms with Gasteiger partial charge in [-0.25, -0.2) is 0 Å². The summed E-state index contributed by atoms with van der Waals surface area (Å²) in [6.07, 6.45) is 0.0416. The molecule has 15 heavy (non-hydrogen) atoms. The molecule has 88 valence electrons. The van der Waals surface area contributed by atoms with Crippen LogP contribution in [0.3, 0.4) is 0 Å². The highest BCUT2D eigenvalue weighted by molar-refractivity contribution is 5.73. The number of nitrogens with zero attached hydrogens (tertiary/aromatic N) is 1. The highest BCUT2D eigenvalue weighted by atomic mass is 16.5. The van der Waals surface area contributed by atoms with Gasteiger partial charge in [-0.3, -0.25) is 9.69 Å². The smallest absolute Gasteiger partial charge is 0.312 e. The van der Waals surface area contributed by atoms with Crippen LogP contribution >= 0.6 is 0 Å². The largest absolute Gasteiger partial charge is 0.469 e. The zero-order valence-electron chi connectivity index (χ0n) is 9.31. The molecule has 5 heteroatoms. The van der Waals surface area contributed by atoms with E-state index in [0.717, 1.165) is 13.1 Å². The maximum atomic E-state index is 11.4. The maximum absolute atomic E-state index is 11.4. The van der Waals surface area contributed by atoms with Gasteiger partial charge in [-0.15, -0.1) is 0 Å². The van der Waals surface area contributed by atoms with Crippen LogP contribution in [0.4, 0.5) is 0 Å². The van der Waals surface area contributed by atoms with E-state index >= 15 is 0 Å². The Labute approximate surface area is 90.0 Å². The van der Waals surface area contributed by atoms with Crippen LogP contribution in [0.1, 0.15) is 6.42 Å². The summed E-state index contributed by atoms with van der Waals surface area (Å²) in [7, 11) is 3.00. The van der Waals surface area contributed by atoms with Gasteiger partial charge >= 0.3 is 5.97 Å². The Kier molecular flexibility index (Phi) is 5.01. The molecule has 1 aliphatic rings. The van der Waals surface area contributed by atoms with Crippen molar-refractivity contribution in [3.05, 3.63) is 0 Å². The first-order valence-corrected chi connectivity index (χ1v) is 5.16. The van der Waals surface area contributed by atoms with Crippen molar-refractivity contribution in [3.63, 3.8) is 0 Å². The van der Waals surface area contributed by atoms with Gasteiger partial charge < -0.3 is 14.6 Å². The van der Waals surface area contributed by atoms with Gasteiger partial charge in [0, 0.05) is 26.7 Å². The van der Waals surface area contributed by atoms with Crippen molar-refractivity contribution in [2.24, 2.45) is 5.92 Å². The molecule has 1 fully saturated rings. The van der Waals surface area contributed by atoms with Crippen LogP contribution in [0.2, 0.25) is 0 Å². The van der Waals surface area contributed by atoms with E-state index in [0.29, 0.717) is 19.6 Å². The number of likely N-dealkylation sites (tertiary alicyclic amines) is 1. The molecule has 0 aromatic heterocycles. The Bertz CT molecular complexity index is 208. The second-order valence-electron chi connectivity index (χ2n) is 3.78. The number of aliphatic hydroxyl groups excluding tert-OH is 1. The quantitative estimate of drug-likeness (QED) is 0.643. The fourth-order valence-electron chi connectivity index (χ4n) is 1.81. The average molecular weight is 217 g/mol. The summed E-state index contributed by atoms with van der Waals surface area (Å²) in [6.45, 7) is 2.79. The van der Waals surface area contributed by atoms with E-state index < -0.39 is 12.0 Å². The summed E-state index contributed by atoms with van der Waals surface area (Å²) >= 11 is 0. The number of esters is 1. The van der Waals surface area contributed by atoms with Crippen molar-refractivity contribution in [1.82, 2.24) is 4.90 Å². The molecule has 0 aliphatic carbocycles. The standard InChI is InChI=1S/C10H19NO4/c1-14-6-5-11-4-3-9(12)8(7-11)10(13)15-2/h8-9,12H,3-7H2,1-2H3/t8-,9+/m1/s1. The highest BCUT2D eigenvalue weighted by Gasteiger charge is 2.33. The third-order valence-corrected chi connectivity index (χ3v) is 2.78. The minimum atomic E-state index is -0.573. The minimum Gasteiger partial charge on any atom is -0.469 e. The van der Waals surface area contributed by atoms with Crippen LogP contribution in [0.5, 0.6) is 0 Å². The van der Waals surface area contributed by atoms with Gasteiger partial charge in [0.25, 0.3) is 0 Å². The lowest BCUT2D eigenvalue weighted by atomic mass is 9.95. The van der Waals surface area contributed by atoms with Crippen molar-refractivity contribution in [3.8, 4) is 0 Å². The summed E-state index contributed by atoms with van der Waals surface area (Å²) in [5.41, 5.74) is 0. The first-order valence-electron chi connectivity index (χ1n) is 5.16. The molecule has 1 heterocycles. The highest BCUT2D eigenvalue weighted by Crippen LogP contribution is 2.18. The van der Waals surface area contributed by atoms with Gasteiger partial charge in [-0.1, -0.05) is 0 Å². The Hall–Kier alpha value is -0.650. The molecule has 0 bridgehead atoms. The van der Waals surface area contributed by atoms with Gasteiger partial charge in [-0.2, -0.15) is 0 Å². The summed E-state index contributed by atoms with van der Waals surface area (Å²) in [5, 5.41) is 9.65. The van der Waals surface area contributed by atoms with E-state index in [-0.39, 0.29) is 5.97 Å². The number of rotatable bonds is 4. The Morgan fingerprint density at radius 1 is 1.53 bits per heavy atom. The number of carbonyl (C=O) groups excluding carboxylic acids is 1. The van der Waals surface area contributed by atoms with Crippen molar-refractivity contribution in [2.75, 3.05) is 40.5 Å². The second-order valence-corrected chi connectivity index (χ2v) is 3.78. The number of aliphatic hydroxyl groups is 1. The Morgan fingerprint density at radius 2 is 2.27 bits per heavy atom. The molecular weight excluding hydrogens is 198 g/mol. The molecule has 5 nitrogen and oxygen atoms in total. The molecule has 2 atom stereocenters. The van der Waals surface area contributed by atoms with Gasteiger partial charge in [-0.05, 0) is 6.42 Å². The monoisotopic (exact) mass is 217 g/mol. The van der Waals surface area contributed by atoms with Crippen LogP contribution in [0.25, 0.3) is 0 Å². The van der Waals surface area contributed by atoms with E-state index in [2.05, 4.69) is 9.64 Å². The van der Waals surface area contributed by atoms with Crippen molar-refractivity contribution in [2.45, 2.75) is 12.5 Å². The van der Waals surface area contributed by atoms with Crippen LogP contribution in [0, 0.1) is 5.92 Å². The summed E-state index contributed by atoms with van der Waals surface area (Å²) in [6, 6.07) is 0. The molecule has 1 rings (SSSR count). The van der Waals surface area contributed by atoms with Crippen molar-refractivity contribution >= 4 is 5.97 Å². The molecule has 1 saturated heterocycles. The van der Waals surface area contributed by atoms with Gasteiger partial charge in [0.15, 0.2) is 0 Å². The third-order valence-electron chi connectivity index (χ3n) is 2.78. The normalized spacial score (nSPS) is 27.7. The molecule has 0 unspecified atom stereocenters. The average Bonchev–Trinajstić information content (AvgIpc) is 2.27. The third kappa shape index (κ3) is 3.44. The van der Waals surface area contributed by atoms with Gasteiger partial charge in [0.1, 0.15) is 0 Å². The van der Waals surface area contributed by atoms with Crippen molar-refractivity contribution in [1.29, 1.82) is 0 Å². The molecule has 0 aromatic rings. The number of piperidine rings is 1. The van der Waals surface area contributed by atoms with E-state index in [4.69, 9.17) is 4.74 Å². The second kappa shape index (κ2) is 6.05. The predicted molar refractivity (Wildman–Crippen MR) is 54.4 cm³/mol. The molecule has 1 N–H and O–H groups in total. The van der Waals surface area contributed by atoms with E-state index in [1.54, 1.807) is 7.11 Å². The lowest BCUT2D eigenvalue weighted by Gasteiger charge is -2.34. The van der Waals surface area contributed by atoms with Gasteiger partial charge in [0.2, 0.25) is 0 Å². The number of methoxy groups -OCH3 is 2. The fraction of sp³-hybridized carbons (Fsp3) is 0.900. The molecule has 0 aromatic carbocycles. The zero-order valence-corrected chi connectivity index (χ0v) is 9.31. The lowest BCUT2D eigenvalue weighted by Crippen LogP contribution is -2.47. The van der Waals surface area contributed by atoms with Crippen LogP contribution in [0.15, 0.2) is 0 Å². The Balaban J connectivity index is 2.44. The van der Waals surface area contributed by atoms with Crippen LogP contribution < -0.4 is 0 Å². The lowest BCUT2D eigenvalue weighted by molar-refractivity contribution is -0.152. The molecular formula is C10H19NO4. The van der Waals surface area contributed by atoms with E-state index in [9.17, 15) is 9.90 Å². The summed E-state index contributed by atoms with van der Waals surface area (Å²) in [5.74, 6) is -0.745. The van der Waals surface area contributed by atoms with Crippen molar-refractivity contribution < 1.29 is 19.4 Å². The first kappa shape index (κ1) is 12.4. The number of hydrogen-bond acceptors (Lipinski definition) is 5. The molecule has 0 saturated carbocycles. The Morgan fingerprint density at radius 3 is 2.87 bits per heavy atom. The predicted octanol–water partition coefficient (Wildman–Crippen LogP) is -0.511. The molecule has 0 amide bonds. The number of ether oxygens (including phenoxy) is 2. The van der Waals surface area contributed by atoms with Gasteiger partial charge in [0.05, 0.1) is 25.7 Å². The summed E-state index contributed by atoms with van der Waals surface area (Å²) < 4.78 is 9.63. The number of hydrogen-bond donors (Lipinski definition) is 1. The minimum absolute atomic E-state index is 0.329. The summed E-state index contributed by atoms with van der Waals surface area (Å²) in [4.78, 5) is 13.5. The fourth-order valence-corrected chi connectivity index (χ4v) is 1.81. The SMILES string of the molecule is COCCN1CC[C@H](O)[C@H](C(=O)OC)C1.